The van der Waals surface area contributed by atoms with E-state index in [-0.39, 0.29) is 11.7 Å². The van der Waals surface area contributed by atoms with Gasteiger partial charge in [-0.05, 0) is 53.9 Å². The van der Waals surface area contributed by atoms with Gasteiger partial charge < -0.3 is 19.7 Å². The molecule has 1 heterocycles. The van der Waals surface area contributed by atoms with Crippen LogP contribution in [0.5, 0.6) is 0 Å². The third-order valence-corrected chi connectivity index (χ3v) is 4.19. The molecule has 2 unspecified atom stereocenters. The Bertz CT molecular complexity index is 354. The summed E-state index contributed by atoms with van der Waals surface area (Å²) in [5.41, 5.74) is -0.451. The fourth-order valence-corrected chi connectivity index (χ4v) is 2.66. The topological polar surface area (TPSA) is 50.8 Å². The maximum Gasteiger partial charge on any atom is 0.410 e. The summed E-state index contributed by atoms with van der Waals surface area (Å²) >= 11 is 0. The van der Waals surface area contributed by atoms with Gasteiger partial charge in [0.05, 0.1) is 5.60 Å². The second kappa shape index (κ2) is 8.16. The van der Waals surface area contributed by atoms with Crippen molar-refractivity contribution in [3.8, 4) is 0 Å². The number of amides is 1. The molecule has 22 heavy (non-hydrogen) atoms. The van der Waals surface area contributed by atoms with Gasteiger partial charge in [-0.15, -0.1) is 0 Å². The summed E-state index contributed by atoms with van der Waals surface area (Å²) in [6.45, 7) is 14.9. The highest BCUT2D eigenvalue weighted by molar-refractivity contribution is 5.68. The van der Waals surface area contributed by atoms with Crippen molar-refractivity contribution < 1.29 is 14.3 Å². The van der Waals surface area contributed by atoms with Crippen LogP contribution in [-0.4, -0.2) is 54.5 Å². The van der Waals surface area contributed by atoms with E-state index in [1.54, 1.807) is 4.90 Å². The first-order valence-electron chi connectivity index (χ1n) is 8.54. The number of hydrogen-bond acceptors (Lipinski definition) is 4. The smallest absolute Gasteiger partial charge is 0.410 e. The average molecular weight is 314 g/mol. The first kappa shape index (κ1) is 19.2. The van der Waals surface area contributed by atoms with E-state index in [1.165, 1.54) is 0 Å². The van der Waals surface area contributed by atoms with Crippen molar-refractivity contribution in [1.82, 2.24) is 10.2 Å². The van der Waals surface area contributed by atoms with Crippen LogP contribution in [-0.2, 0) is 9.47 Å². The Balaban J connectivity index is 2.36. The van der Waals surface area contributed by atoms with Gasteiger partial charge in [-0.3, -0.25) is 0 Å². The maximum atomic E-state index is 12.1. The molecule has 5 heteroatoms. The molecule has 0 bridgehead atoms. The molecule has 1 aliphatic heterocycles. The highest BCUT2D eigenvalue weighted by Crippen LogP contribution is 2.27. The fraction of sp³-hybridized carbons (Fsp3) is 0.941. The molecule has 130 valence electrons. The molecule has 0 aromatic heterocycles. The second-order valence-corrected chi connectivity index (χ2v) is 7.36. The predicted molar refractivity (Wildman–Crippen MR) is 89.2 cm³/mol. The average Bonchev–Trinajstić information content (AvgIpc) is 2.42. The monoisotopic (exact) mass is 314 g/mol. The highest BCUT2D eigenvalue weighted by atomic mass is 16.6. The minimum Gasteiger partial charge on any atom is -0.444 e. The summed E-state index contributed by atoms with van der Waals surface area (Å²) in [5.74, 6) is 0. The van der Waals surface area contributed by atoms with Gasteiger partial charge in [-0.25, -0.2) is 4.79 Å². The van der Waals surface area contributed by atoms with Gasteiger partial charge in [-0.2, -0.15) is 0 Å². The summed E-state index contributed by atoms with van der Waals surface area (Å²) in [4.78, 5) is 13.8. The molecule has 1 fully saturated rings. The van der Waals surface area contributed by atoms with Gasteiger partial charge in [0.25, 0.3) is 0 Å². The van der Waals surface area contributed by atoms with Gasteiger partial charge in [0.15, 0.2) is 0 Å². The van der Waals surface area contributed by atoms with Crippen molar-refractivity contribution >= 4 is 6.09 Å². The number of carbonyl (C=O) groups excluding carboxylic acids is 1. The molecule has 2 atom stereocenters. The number of rotatable bonds is 6. The van der Waals surface area contributed by atoms with E-state index in [4.69, 9.17) is 9.47 Å². The van der Waals surface area contributed by atoms with Gasteiger partial charge >= 0.3 is 6.09 Å². The van der Waals surface area contributed by atoms with Crippen LogP contribution in [0.15, 0.2) is 0 Å². The SMILES string of the molecule is CCN(CCNC1CCOC(C)(CC)C1)C(=O)OC(C)(C)C. The van der Waals surface area contributed by atoms with Crippen LogP contribution < -0.4 is 5.32 Å². The highest BCUT2D eigenvalue weighted by Gasteiger charge is 2.31. The summed E-state index contributed by atoms with van der Waals surface area (Å²) in [7, 11) is 0. The minimum atomic E-state index is -0.443. The molecule has 1 N–H and O–H groups in total. The molecule has 5 nitrogen and oxygen atoms in total. The van der Waals surface area contributed by atoms with E-state index in [1.807, 2.05) is 27.7 Å². The van der Waals surface area contributed by atoms with Crippen LogP contribution in [0.25, 0.3) is 0 Å². The van der Waals surface area contributed by atoms with Crippen LogP contribution in [0.2, 0.25) is 0 Å². The van der Waals surface area contributed by atoms with E-state index < -0.39 is 5.60 Å². The van der Waals surface area contributed by atoms with E-state index >= 15 is 0 Å². The predicted octanol–water partition coefficient (Wildman–Crippen LogP) is 3.18. The van der Waals surface area contributed by atoms with Crippen molar-refractivity contribution in [3.63, 3.8) is 0 Å². The largest absolute Gasteiger partial charge is 0.444 e. The third kappa shape index (κ3) is 6.53. The van der Waals surface area contributed by atoms with Crippen molar-refractivity contribution in [2.45, 2.75) is 78.0 Å². The number of nitrogens with zero attached hydrogens (tertiary/aromatic N) is 1. The second-order valence-electron chi connectivity index (χ2n) is 7.36. The lowest BCUT2D eigenvalue weighted by Gasteiger charge is -2.38. The first-order chi connectivity index (χ1) is 10.2. The Labute approximate surface area is 135 Å². The molecule has 1 rings (SSSR count). The summed E-state index contributed by atoms with van der Waals surface area (Å²) in [5, 5.41) is 3.56. The lowest BCUT2D eigenvalue weighted by molar-refractivity contribution is -0.0780. The number of likely N-dealkylation sites (N-methyl/N-ethyl adjacent to an activating group) is 1. The zero-order valence-electron chi connectivity index (χ0n) is 15.2. The van der Waals surface area contributed by atoms with Gasteiger partial charge in [0.2, 0.25) is 0 Å². The lowest BCUT2D eigenvalue weighted by Crippen LogP contribution is -2.47. The zero-order valence-corrected chi connectivity index (χ0v) is 15.2. The Hall–Kier alpha value is -0.810. The first-order valence-corrected chi connectivity index (χ1v) is 8.54. The van der Waals surface area contributed by atoms with Crippen molar-refractivity contribution in [2.75, 3.05) is 26.2 Å². The van der Waals surface area contributed by atoms with E-state index in [0.29, 0.717) is 19.1 Å². The van der Waals surface area contributed by atoms with Crippen LogP contribution in [0.1, 0.15) is 60.8 Å². The Kier molecular flexibility index (Phi) is 7.13. The van der Waals surface area contributed by atoms with Crippen LogP contribution in [0.3, 0.4) is 0 Å². The molecule has 0 aromatic carbocycles. The van der Waals surface area contributed by atoms with Crippen molar-refractivity contribution in [2.24, 2.45) is 0 Å². The zero-order chi connectivity index (χ0) is 16.8. The molecule has 1 amide bonds. The summed E-state index contributed by atoms with van der Waals surface area (Å²) < 4.78 is 11.3. The quantitative estimate of drug-likeness (QED) is 0.818. The van der Waals surface area contributed by atoms with Crippen LogP contribution in [0.4, 0.5) is 4.79 Å². The molecule has 0 spiro atoms. The molecule has 0 aromatic rings. The van der Waals surface area contributed by atoms with Gasteiger partial charge in [-0.1, -0.05) is 6.92 Å². The van der Waals surface area contributed by atoms with Crippen molar-refractivity contribution in [1.29, 1.82) is 0 Å². The van der Waals surface area contributed by atoms with E-state index in [9.17, 15) is 4.79 Å². The number of carbonyl (C=O) groups is 1. The molecule has 0 aliphatic carbocycles. The van der Waals surface area contributed by atoms with Gasteiger partial charge in [0.1, 0.15) is 5.60 Å². The summed E-state index contributed by atoms with van der Waals surface area (Å²) in [6.07, 6.45) is 2.86. The normalized spacial score (nSPS) is 25.8. The standard InChI is InChI=1S/C17H34N2O3/c1-7-17(6)13-14(9-12-21-17)18-10-11-19(8-2)15(20)22-16(3,4)5/h14,18H,7-13H2,1-6H3. The fourth-order valence-electron chi connectivity index (χ4n) is 2.66. The Morgan fingerprint density at radius 1 is 1.41 bits per heavy atom. The molecular formula is C17H34N2O3. The van der Waals surface area contributed by atoms with Gasteiger partial charge in [0, 0.05) is 32.3 Å². The summed E-state index contributed by atoms with van der Waals surface area (Å²) in [6, 6.07) is 0.469. The van der Waals surface area contributed by atoms with E-state index in [2.05, 4.69) is 19.2 Å². The van der Waals surface area contributed by atoms with Crippen molar-refractivity contribution in [3.05, 3.63) is 0 Å². The molecule has 0 saturated carbocycles. The third-order valence-electron chi connectivity index (χ3n) is 4.19. The molecule has 0 radical (unpaired) electrons. The lowest BCUT2D eigenvalue weighted by atomic mass is 9.90. The Morgan fingerprint density at radius 2 is 2.09 bits per heavy atom. The molecular weight excluding hydrogens is 280 g/mol. The number of nitrogens with one attached hydrogen (secondary N) is 1. The number of hydrogen-bond donors (Lipinski definition) is 1. The van der Waals surface area contributed by atoms with E-state index in [0.717, 1.165) is 32.4 Å². The van der Waals surface area contributed by atoms with Crippen LogP contribution in [0, 0.1) is 0 Å². The minimum absolute atomic E-state index is 0.00841. The van der Waals surface area contributed by atoms with Crippen LogP contribution >= 0.6 is 0 Å². The Morgan fingerprint density at radius 3 is 2.64 bits per heavy atom. The molecule has 1 saturated heterocycles. The number of ether oxygens (including phenoxy) is 2. The molecule has 1 aliphatic rings. The maximum absolute atomic E-state index is 12.1.